The largest absolute Gasteiger partial charge is 0.241 e. The average Bonchev–Trinajstić information content (AvgIpc) is 2.38. The number of halogens is 1. The van der Waals surface area contributed by atoms with Gasteiger partial charge in [0, 0.05) is 5.56 Å². The number of hydrogen-bond donors (Lipinski definition) is 0. The average molecular weight is 284 g/mol. The van der Waals surface area contributed by atoms with Crippen molar-refractivity contribution in [2.24, 2.45) is 0 Å². The molecule has 0 fully saturated rings. The fraction of sp³-hybridized carbons (Fsp3) is 0. The van der Waals surface area contributed by atoms with Crippen molar-refractivity contribution in [1.29, 1.82) is 0 Å². The molecule has 0 unspecified atom stereocenters. The van der Waals surface area contributed by atoms with Gasteiger partial charge in [0.1, 0.15) is 4.60 Å². The van der Waals surface area contributed by atoms with Crippen LogP contribution in [0.25, 0.3) is 22.0 Å². The summed E-state index contributed by atoms with van der Waals surface area (Å²) in [5.74, 6) is 0. The number of hydrogen-bond acceptors (Lipinski definition) is 1. The minimum atomic E-state index is 0.864. The van der Waals surface area contributed by atoms with Crippen molar-refractivity contribution in [2.75, 3.05) is 0 Å². The molecule has 0 aliphatic carbocycles. The number of pyridine rings is 1. The lowest BCUT2D eigenvalue weighted by molar-refractivity contribution is 1.28. The Hall–Kier alpha value is -1.67. The molecule has 1 nitrogen and oxygen atoms in total. The van der Waals surface area contributed by atoms with Gasteiger partial charge in [0.2, 0.25) is 0 Å². The van der Waals surface area contributed by atoms with E-state index in [4.69, 9.17) is 0 Å². The lowest BCUT2D eigenvalue weighted by Crippen LogP contribution is -1.85. The molecule has 0 N–H and O–H groups in total. The van der Waals surface area contributed by atoms with E-state index in [1.54, 1.807) is 0 Å². The Morgan fingerprint density at radius 3 is 2.41 bits per heavy atom. The summed E-state index contributed by atoms with van der Waals surface area (Å²) in [6.45, 7) is 0. The number of rotatable bonds is 1. The molecule has 2 heteroatoms. The lowest BCUT2D eigenvalue weighted by Gasteiger charge is -2.06. The molecule has 3 rings (SSSR count). The monoisotopic (exact) mass is 283 g/mol. The number of aromatic nitrogens is 1. The molecular formula is C15H10BrN. The van der Waals surface area contributed by atoms with E-state index in [0.29, 0.717) is 0 Å². The molecule has 0 bridgehead atoms. The molecule has 0 amide bonds. The SMILES string of the molecule is Brc1cccc(-c2cccc3ccccc23)n1. The summed E-state index contributed by atoms with van der Waals surface area (Å²) in [4.78, 5) is 4.51. The third-order valence-electron chi connectivity index (χ3n) is 2.78. The van der Waals surface area contributed by atoms with Gasteiger partial charge in [-0.05, 0) is 38.8 Å². The van der Waals surface area contributed by atoms with Gasteiger partial charge in [-0.3, -0.25) is 0 Å². The fourth-order valence-corrected chi connectivity index (χ4v) is 2.35. The molecule has 0 spiro atoms. The summed E-state index contributed by atoms with van der Waals surface area (Å²) >= 11 is 3.41. The van der Waals surface area contributed by atoms with Crippen LogP contribution in [-0.4, -0.2) is 4.98 Å². The quantitative estimate of drug-likeness (QED) is 0.592. The molecule has 0 saturated carbocycles. The Morgan fingerprint density at radius 2 is 1.53 bits per heavy atom. The molecule has 0 atom stereocenters. The number of fused-ring (bicyclic) bond motifs is 1. The maximum absolute atomic E-state index is 4.51. The third-order valence-corrected chi connectivity index (χ3v) is 3.22. The number of benzene rings is 2. The Labute approximate surface area is 108 Å². The maximum atomic E-state index is 4.51. The van der Waals surface area contributed by atoms with E-state index in [1.165, 1.54) is 16.3 Å². The van der Waals surface area contributed by atoms with Gasteiger partial charge in [0.25, 0.3) is 0 Å². The van der Waals surface area contributed by atoms with Crippen molar-refractivity contribution in [3.63, 3.8) is 0 Å². The third kappa shape index (κ3) is 1.96. The van der Waals surface area contributed by atoms with Gasteiger partial charge < -0.3 is 0 Å². The zero-order chi connectivity index (χ0) is 11.7. The summed E-state index contributed by atoms with van der Waals surface area (Å²) in [6, 6.07) is 20.7. The highest BCUT2D eigenvalue weighted by Gasteiger charge is 2.04. The molecule has 0 aliphatic heterocycles. The number of nitrogens with zero attached hydrogens (tertiary/aromatic N) is 1. The molecular weight excluding hydrogens is 274 g/mol. The molecule has 3 aromatic rings. The highest BCUT2D eigenvalue weighted by molar-refractivity contribution is 9.10. The van der Waals surface area contributed by atoms with Gasteiger partial charge in [-0.25, -0.2) is 4.98 Å². The zero-order valence-corrected chi connectivity index (χ0v) is 10.7. The molecule has 0 saturated heterocycles. The summed E-state index contributed by atoms with van der Waals surface area (Å²) in [5.41, 5.74) is 2.17. The predicted octanol–water partition coefficient (Wildman–Crippen LogP) is 4.66. The maximum Gasteiger partial charge on any atom is 0.106 e. The standard InChI is InChI=1S/C15H10BrN/c16-15-10-4-9-14(17-15)13-8-3-6-11-5-1-2-7-12(11)13/h1-10H. The van der Waals surface area contributed by atoms with Crippen LogP contribution >= 0.6 is 15.9 Å². The van der Waals surface area contributed by atoms with Crippen LogP contribution in [0.2, 0.25) is 0 Å². The summed E-state index contributed by atoms with van der Waals surface area (Å²) < 4.78 is 0.864. The van der Waals surface area contributed by atoms with Crippen LogP contribution in [0.4, 0.5) is 0 Å². The summed E-state index contributed by atoms with van der Waals surface area (Å²) in [7, 11) is 0. The van der Waals surface area contributed by atoms with E-state index in [9.17, 15) is 0 Å². The lowest BCUT2D eigenvalue weighted by atomic mass is 10.0. The minimum Gasteiger partial charge on any atom is -0.241 e. The van der Waals surface area contributed by atoms with E-state index in [2.05, 4.69) is 63.4 Å². The molecule has 0 radical (unpaired) electrons. The van der Waals surface area contributed by atoms with Crippen molar-refractivity contribution in [3.05, 3.63) is 65.3 Å². The van der Waals surface area contributed by atoms with E-state index < -0.39 is 0 Å². The zero-order valence-electron chi connectivity index (χ0n) is 9.10. The van der Waals surface area contributed by atoms with Gasteiger partial charge in [0.15, 0.2) is 0 Å². The van der Waals surface area contributed by atoms with Crippen LogP contribution < -0.4 is 0 Å². The first-order valence-electron chi connectivity index (χ1n) is 5.45. The van der Waals surface area contributed by atoms with E-state index >= 15 is 0 Å². The second-order valence-corrected chi connectivity index (χ2v) is 4.68. The van der Waals surface area contributed by atoms with Crippen molar-refractivity contribution < 1.29 is 0 Å². The first kappa shape index (κ1) is 10.5. The van der Waals surface area contributed by atoms with E-state index in [1.807, 2.05) is 18.2 Å². The fourth-order valence-electron chi connectivity index (χ4n) is 2.01. The van der Waals surface area contributed by atoms with Crippen LogP contribution in [0.1, 0.15) is 0 Å². The van der Waals surface area contributed by atoms with Crippen LogP contribution in [0.3, 0.4) is 0 Å². The summed E-state index contributed by atoms with van der Waals surface area (Å²) in [5, 5.41) is 2.48. The molecule has 17 heavy (non-hydrogen) atoms. The molecule has 1 aromatic heterocycles. The van der Waals surface area contributed by atoms with E-state index in [-0.39, 0.29) is 0 Å². The summed E-state index contributed by atoms with van der Waals surface area (Å²) in [6.07, 6.45) is 0. The first-order chi connectivity index (χ1) is 8.34. The normalized spacial score (nSPS) is 10.6. The highest BCUT2D eigenvalue weighted by atomic mass is 79.9. The van der Waals surface area contributed by atoms with E-state index in [0.717, 1.165) is 10.3 Å². The van der Waals surface area contributed by atoms with Crippen LogP contribution in [0, 0.1) is 0 Å². The first-order valence-corrected chi connectivity index (χ1v) is 6.24. The van der Waals surface area contributed by atoms with Crippen LogP contribution in [0.5, 0.6) is 0 Å². The second kappa shape index (κ2) is 4.30. The van der Waals surface area contributed by atoms with Crippen molar-refractivity contribution in [3.8, 4) is 11.3 Å². The van der Waals surface area contributed by atoms with Gasteiger partial charge in [-0.1, -0.05) is 48.5 Å². The van der Waals surface area contributed by atoms with Gasteiger partial charge >= 0.3 is 0 Å². The predicted molar refractivity (Wildman–Crippen MR) is 74.9 cm³/mol. The smallest absolute Gasteiger partial charge is 0.106 e. The Balaban J connectivity index is 2.30. The minimum absolute atomic E-state index is 0.864. The molecule has 0 aliphatic rings. The van der Waals surface area contributed by atoms with Crippen molar-refractivity contribution in [1.82, 2.24) is 4.98 Å². The van der Waals surface area contributed by atoms with Gasteiger partial charge in [-0.2, -0.15) is 0 Å². The van der Waals surface area contributed by atoms with Crippen LogP contribution in [-0.2, 0) is 0 Å². The van der Waals surface area contributed by atoms with Crippen molar-refractivity contribution in [2.45, 2.75) is 0 Å². The Morgan fingerprint density at radius 1 is 0.765 bits per heavy atom. The second-order valence-electron chi connectivity index (χ2n) is 3.87. The van der Waals surface area contributed by atoms with Crippen molar-refractivity contribution >= 4 is 26.7 Å². The Kier molecular flexibility index (Phi) is 2.65. The highest BCUT2D eigenvalue weighted by Crippen LogP contribution is 2.27. The van der Waals surface area contributed by atoms with Gasteiger partial charge in [-0.15, -0.1) is 0 Å². The molecule has 82 valence electrons. The van der Waals surface area contributed by atoms with Crippen LogP contribution in [0.15, 0.2) is 65.3 Å². The molecule has 2 aromatic carbocycles. The van der Waals surface area contributed by atoms with Gasteiger partial charge in [0.05, 0.1) is 5.69 Å². The Bertz CT molecular complexity index is 671. The topological polar surface area (TPSA) is 12.9 Å². The molecule has 1 heterocycles.